The molecular formula is C12H20BN3O5. The molecular weight excluding hydrogens is 277 g/mol. The maximum Gasteiger partial charge on any atom is 0.492 e. The molecule has 0 unspecified atom stereocenters. The number of nitrogens with zero attached hydrogens (tertiary/aromatic N) is 1. The lowest BCUT2D eigenvalue weighted by atomic mass is 9.80. The number of primary amides is 1. The number of anilines is 1. The van der Waals surface area contributed by atoms with E-state index >= 15 is 0 Å². The number of carbonyl (C=O) groups is 2. The minimum absolute atomic E-state index is 0.0175. The summed E-state index contributed by atoms with van der Waals surface area (Å²) in [6.07, 6.45) is 1.25. The molecule has 0 atom stereocenters. The lowest BCUT2D eigenvalue weighted by Crippen LogP contribution is -2.35. The van der Waals surface area contributed by atoms with Crippen LogP contribution in [0.15, 0.2) is 12.1 Å². The van der Waals surface area contributed by atoms with Crippen molar-refractivity contribution in [3.05, 3.63) is 17.8 Å². The quantitative estimate of drug-likeness (QED) is 0.398. The van der Waals surface area contributed by atoms with E-state index in [-0.39, 0.29) is 23.5 Å². The van der Waals surface area contributed by atoms with Gasteiger partial charge < -0.3 is 25.8 Å². The molecule has 0 bridgehead atoms. The minimum atomic E-state index is -1.79. The Morgan fingerprint density at radius 2 is 1.95 bits per heavy atom. The second-order valence-corrected chi connectivity index (χ2v) is 4.03. The summed E-state index contributed by atoms with van der Waals surface area (Å²) >= 11 is 0. The monoisotopic (exact) mass is 297 g/mol. The van der Waals surface area contributed by atoms with Gasteiger partial charge >= 0.3 is 13.1 Å². The van der Waals surface area contributed by atoms with Crippen molar-refractivity contribution in [2.75, 3.05) is 19.0 Å². The highest BCUT2D eigenvalue weighted by atomic mass is 16.5. The Balaban J connectivity index is 0.00000122. The number of pyridine rings is 1. The molecule has 0 aliphatic rings. The van der Waals surface area contributed by atoms with Crippen LogP contribution in [-0.4, -0.2) is 47.7 Å². The van der Waals surface area contributed by atoms with Gasteiger partial charge in [-0.2, -0.15) is 0 Å². The summed E-state index contributed by atoms with van der Waals surface area (Å²) in [6.45, 7) is 4.00. The van der Waals surface area contributed by atoms with Gasteiger partial charge in [-0.1, -0.05) is 26.3 Å². The summed E-state index contributed by atoms with van der Waals surface area (Å²) < 4.78 is 4.47. The number of nitrogens with two attached hydrogens (primary N) is 1. The highest BCUT2D eigenvalue weighted by molar-refractivity contribution is 6.60. The molecule has 1 aromatic heterocycles. The fourth-order valence-electron chi connectivity index (χ4n) is 1.21. The Bertz CT molecular complexity index is 482. The van der Waals surface area contributed by atoms with Crippen LogP contribution < -0.4 is 16.5 Å². The van der Waals surface area contributed by atoms with Crippen molar-refractivity contribution in [2.45, 2.75) is 20.3 Å². The van der Waals surface area contributed by atoms with Gasteiger partial charge in [0.2, 0.25) is 5.91 Å². The van der Waals surface area contributed by atoms with Gasteiger partial charge in [-0.25, -0.2) is 9.78 Å². The van der Waals surface area contributed by atoms with Crippen molar-refractivity contribution in [2.24, 2.45) is 5.73 Å². The van der Waals surface area contributed by atoms with E-state index in [2.05, 4.69) is 28.9 Å². The average molecular weight is 297 g/mol. The smallest absolute Gasteiger partial charge is 0.464 e. The number of rotatable bonds is 5. The Hall–Kier alpha value is -2.13. The van der Waals surface area contributed by atoms with E-state index in [0.717, 1.165) is 0 Å². The number of ether oxygens (including phenoxy) is 1. The van der Waals surface area contributed by atoms with E-state index in [4.69, 9.17) is 15.8 Å². The minimum Gasteiger partial charge on any atom is -0.464 e. The van der Waals surface area contributed by atoms with Crippen molar-refractivity contribution < 1.29 is 24.4 Å². The number of hydrogen-bond acceptors (Lipinski definition) is 7. The maximum atomic E-state index is 11.3. The fourth-order valence-corrected chi connectivity index (χ4v) is 1.21. The highest BCUT2D eigenvalue weighted by Gasteiger charge is 2.20. The molecule has 0 radical (unpaired) electrons. The molecule has 8 nitrogen and oxygen atoms in total. The molecule has 1 amide bonds. The van der Waals surface area contributed by atoms with E-state index in [1.54, 1.807) is 0 Å². The molecule has 1 aromatic rings. The standard InChI is InChI=1S/C9H12BN3O5.C3H8/c1-18-9(15)6-3-2-5(10(16)17)8(13-6)12-4-7(11)14;1-3-2/h2-3,16-17H,4H2,1H3,(H2,11,14)(H,12,13);3H2,1-2H3. The molecule has 0 saturated carbocycles. The van der Waals surface area contributed by atoms with E-state index in [0.29, 0.717) is 0 Å². The molecule has 0 saturated heterocycles. The van der Waals surface area contributed by atoms with Gasteiger partial charge in [0, 0.05) is 5.46 Å². The number of aromatic nitrogens is 1. The third-order valence-electron chi connectivity index (χ3n) is 2.03. The van der Waals surface area contributed by atoms with Gasteiger partial charge in [-0.15, -0.1) is 0 Å². The Labute approximate surface area is 123 Å². The zero-order chi connectivity index (χ0) is 16.4. The normalized spacial score (nSPS) is 9.19. The predicted octanol–water partition coefficient (Wildman–Crippen LogP) is -1.14. The van der Waals surface area contributed by atoms with E-state index in [1.165, 1.54) is 25.7 Å². The van der Waals surface area contributed by atoms with Crippen LogP contribution in [0.5, 0.6) is 0 Å². The van der Waals surface area contributed by atoms with Crippen molar-refractivity contribution in [1.29, 1.82) is 0 Å². The third kappa shape index (κ3) is 6.73. The first-order valence-electron chi connectivity index (χ1n) is 6.34. The summed E-state index contributed by atoms with van der Waals surface area (Å²) in [5.74, 6) is -1.36. The van der Waals surface area contributed by atoms with Crippen molar-refractivity contribution in [3.8, 4) is 0 Å². The number of nitrogens with one attached hydrogen (secondary N) is 1. The summed E-state index contributed by atoms with van der Waals surface area (Å²) in [6, 6.07) is 2.56. The molecule has 0 spiro atoms. The lowest BCUT2D eigenvalue weighted by molar-refractivity contribution is -0.116. The summed E-state index contributed by atoms with van der Waals surface area (Å²) in [5, 5.41) is 20.7. The highest BCUT2D eigenvalue weighted by Crippen LogP contribution is 2.04. The molecule has 116 valence electrons. The number of carbonyl (C=O) groups excluding carboxylic acids is 2. The molecule has 5 N–H and O–H groups in total. The van der Waals surface area contributed by atoms with Crippen LogP contribution in [0.1, 0.15) is 30.8 Å². The van der Waals surface area contributed by atoms with Crippen molar-refractivity contribution in [1.82, 2.24) is 4.98 Å². The van der Waals surface area contributed by atoms with Crippen LogP contribution in [0.4, 0.5) is 5.82 Å². The van der Waals surface area contributed by atoms with Gasteiger partial charge in [0.25, 0.3) is 0 Å². The number of amides is 1. The van der Waals surface area contributed by atoms with Crippen molar-refractivity contribution >= 4 is 30.3 Å². The second kappa shape index (κ2) is 9.73. The molecule has 1 rings (SSSR count). The summed E-state index contributed by atoms with van der Waals surface area (Å²) in [7, 11) is -0.602. The van der Waals surface area contributed by atoms with Crippen LogP contribution in [-0.2, 0) is 9.53 Å². The van der Waals surface area contributed by atoms with Crippen molar-refractivity contribution in [3.63, 3.8) is 0 Å². The number of hydrogen-bond donors (Lipinski definition) is 4. The Morgan fingerprint density at radius 1 is 1.38 bits per heavy atom. The van der Waals surface area contributed by atoms with Crippen LogP contribution in [0.3, 0.4) is 0 Å². The third-order valence-corrected chi connectivity index (χ3v) is 2.03. The molecule has 1 heterocycles. The maximum absolute atomic E-state index is 11.3. The second-order valence-electron chi connectivity index (χ2n) is 4.03. The molecule has 0 aliphatic heterocycles. The van der Waals surface area contributed by atoms with Gasteiger partial charge in [0.05, 0.1) is 13.7 Å². The zero-order valence-electron chi connectivity index (χ0n) is 12.3. The van der Waals surface area contributed by atoms with Crippen LogP contribution in [0.2, 0.25) is 0 Å². The largest absolute Gasteiger partial charge is 0.492 e. The zero-order valence-corrected chi connectivity index (χ0v) is 12.3. The SMILES string of the molecule is CCC.COC(=O)c1ccc(B(O)O)c(NCC(N)=O)n1. The van der Waals surface area contributed by atoms with Gasteiger partial charge in [0.1, 0.15) is 5.82 Å². The van der Waals surface area contributed by atoms with E-state index < -0.39 is 19.0 Å². The topological polar surface area (TPSA) is 135 Å². The summed E-state index contributed by atoms with van der Waals surface area (Å²) in [5.41, 5.74) is 4.93. The van der Waals surface area contributed by atoms with Crippen LogP contribution >= 0.6 is 0 Å². The molecule has 0 fully saturated rings. The first kappa shape index (κ1) is 18.9. The van der Waals surface area contributed by atoms with Crippen LogP contribution in [0, 0.1) is 0 Å². The Morgan fingerprint density at radius 3 is 2.38 bits per heavy atom. The van der Waals surface area contributed by atoms with E-state index in [9.17, 15) is 9.59 Å². The van der Waals surface area contributed by atoms with E-state index in [1.807, 2.05) is 0 Å². The number of esters is 1. The first-order chi connectivity index (χ1) is 9.87. The predicted molar refractivity (Wildman–Crippen MR) is 79.1 cm³/mol. The lowest BCUT2D eigenvalue weighted by Gasteiger charge is -2.10. The first-order valence-corrected chi connectivity index (χ1v) is 6.34. The molecule has 21 heavy (non-hydrogen) atoms. The summed E-state index contributed by atoms with van der Waals surface area (Å²) in [4.78, 5) is 25.7. The number of methoxy groups -OCH3 is 1. The fraction of sp³-hybridized carbons (Fsp3) is 0.417. The molecule has 0 aromatic carbocycles. The average Bonchev–Trinajstić information content (AvgIpc) is 2.44. The molecule has 9 heteroatoms. The Kier molecular flexibility index (Phi) is 8.74. The van der Waals surface area contributed by atoms with Crippen LogP contribution in [0.25, 0.3) is 0 Å². The van der Waals surface area contributed by atoms with Gasteiger partial charge in [-0.05, 0) is 6.07 Å². The van der Waals surface area contributed by atoms with Gasteiger partial charge in [0.15, 0.2) is 5.69 Å². The van der Waals surface area contributed by atoms with Gasteiger partial charge in [-0.3, -0.25) is 4.79 Å². The molecule has 0 aliphatic carbocycles.